The van der Waals surface area contributed by atoms with Gasteiger partial charge in [0, 0.05) is 19.6 Å². The van der Waals surface area contributed by atoms with Crippen LogP contribution >= 0.6 is 0 Å². The van der Waals surface area contributed by atoms with Crippen LogP contribution in [0, 0.1) is 0 Å². The summed E-state index contributed by atoms with van der Waals surface area (Å²) in [5.41, 5.74) is 1.37. The monoisotopic (exact) mass is 275 g/mol. The number of unbranched alkanes of at least 4 members (excludes halogenated alkanes) is 1. The zero-order valence-electron chi connectivity index (χ0n) is 12.5. The number of benzene rings is 1. The fraction of sp³-hybridized carbons (Fsp3) is 0.562. The van der Waals surface area contributed by atoms with Crippen molar-refractivity contribution in [3.05, 3.63) is 29.8 Å². The molecule has 2 rings (SSSR count). The Morgan fingerprint density at radius 1 is 1.25 bits per heavy atom. The minimum atomic E-state index is 0.653. The minimum Gasteiger partial charge on any atom is -0.497 e. The number of aryl methyl sites for hydroxylation is 1. The van der Waals surface area contributed by atoms with E-state index in [1.165, 1.54) is 24.8 Å². The van der Waals surface area contributed by atoms with Crippen LogP contribution in [-0.2, 0) is 6.42 Å². The van der Waals surface area contributed by atoms with Gasteiger partial charge in [-0.1, -0.05) is 12.1 Å². The summed E-state index contributed by atoms with van der Waals surface area (Å²) in [5, 5.41) is 6.75. The van der Waals surface area contributed by atoms with Gasteiger partial charge in [0.1, 0.15) is 5.75 Å². The fourth-order valence-corrected chi connectivity index (χ4v) is 2.07. The largest absolute Gasteiger partial charge is 0.497 e. The Morgan fingerprint density at radius 2 is 2.00 bits per heavy atom. The molecule has 1 aliphatic rings. The molecule has 4 nitrogen and oxygen atoms in total. The Morgan fingerprint density at radius 3 is 2.60 bits per heavy atom. The predicted octanol–water partition coefficient (Wildman–Crippen LogP) is 2.35. The van der Waals surface area contributed by atoms with Crippen LogP contribution in [0.15, 0.2) is 29.3 Å². The van der Waals surface area contributed by atoms with Crippen molar-refractivity contribution in [2.24, 2.45) is 4.99 Å². The molecule has 20 heavy (non-hydrogen) atoms. The van der Waals surface area contributed by atoms with Gasteiger partial charge >= 0.3 is 0 Å². The van der Waals surface area contributed by atoms with Crippen molar-refractivity contribution in [1.29, 1.82) is 0 Å². The Labute approximate surface area is 121 Å². The van der Waals surface area contributed by atoms with Gasteiger partial charge in [0.25, 0.3) is 0 Å². The first-order valence-corrected chi connectivity index (χ1v) is 7.42. The van der Waals surface area contributed by atoms with Crippen LogP contribution < -0.4 is 15.4 Å². The molecule has 0 atom stereocenters. The van der Waals surface area contributed by atoms with Crippen molar-refractivity contribution >= 4 is 5.96 Å². The van der Waals surface area contributed by atoms with Crippen molar-refractivity contribution < 1.29 is 4.74 Å². The van der Waals surface area contributed by atoms with Crippen LogP contribution in [0.4, 0.5) is 0 Å². The maximum atomic E-state index is 5.16. The van der Waals surface area contributed by atoms with E-state index >= 15 is 0 Å². The molecule has 0 saturated heterocycles. The SMILES string of the molecule is CN=C(NCCCCc1ccc(OC)cc1)NC1CC1. The van der Waals surface area contributed by atoms with Crippen LogP contribution in [-0.4, -0.2) is 32.7 Å². The van der Waals surface area contributed by atoms with Crippen LogP contribution in [0.5, 0.6) is 5.75 Å². The van der Waals surface area contributed by atoms with Gasteiger partial charge in [-0.2, -0.15) is 0 Å². The molecule has 0 amide bonds. The molecular weight excluding hydrogens is 250 g/mol. The quantitative estimate of drug-likeness (QED) is 0.456. The van der Waals surface area contributed by atoms with E-state index in [1.54, 1.807) is 7.11 Å². The number of hydrogen-bond acceptors (Lipinski definition) is 2. The molecule has 1 saturated carbocycles. The molecule has 0 radical (unpaired) electrons. The van der Waals surface area contributed by atoms with Crippen molar-refractivity contribution in [2.75, 3.05) is 20.7 Å². The third-order valence-electron chi connectivity index (χ3n) is 3.49. The van der Waals surface area contributed by atoms with Crippen LogP contribution in [0.25, 0.3) is 0 Å². The number of guanidine groups is 1. The number of methoxy groups -OCH3 is 1. The van der Waals surface area contributed by atoms with Gasteiger partial charge in [-0.3, -0.25) is 4.99 Å². The number of hydrogen-bond donors (Lipinski definition) is 2. The lowest BCUT2D eigenvalue weighted by atomic mass is 10.1. The lowest BCUT2D eigenvalue weighted by molar-refractivity contribution is 0.414. The lowest BCUT2D eigenvalue weighted by Gasteiger charge is -2.10. The average Bonchev–Trinajstić information content (AvgIpc) is 3.30. The molecule has 110 valence electrons. The summed E-state index contributed by atoms with van der Waals surface area (Å²) in [6.45, 7) is 0.975. The summed E-state index contributed by atoms with van der Waals surface area (Å²) in [5.74, 6) is 1.86. The highest BCUT2D eigenvalue weighted by Crippen LogP contribution is 2.18. The minimum absolute atomic E-state index is 0.653. The van der Waals surface area contributed by atoms with E-state index in [2.05, 4.69) is 27.8 Å². The molecule has 0 spiro atoms. The zero-order chi connectivity index (χ0) is 14.2. The molecule has 1 aromatic carbocycles. The van der Waals surface area contributed by atoms with Crippen molar-refractivity contribution in [1.82, 2.24) is 10.6 Å². The highest BCUT2D eigenvalue weighted by Gasteiger charge is 2.21. The normalized spacial score (nSPS) is 15.0. The van der Waals surface area contributed by atoms with Gasteiger partial charge in [0.2, 0.25) is 0 Å². The summed E-state index contributed by atoms with van der Waals surface area (Å²) in [4.78, 5) is 4.22. The molecule has 0 unspecified atom stereocenters. The van der Waals surface area contributed by atoms with Gasteiger partial charge in [-0.15, -0.1) is 0 Å². The van der Waals surface area contributed by atoms with Gasteiger partial charge in [-0.05, 0) is 49.8 Å². The molecule has 1 aliphatic carbocycles. The van der Waals surface area contributed by atoms with E-state index in [0.717, 1.165) is 31.1 Å². The van der Waals surface area contributed by atoms with E-state index in [-0.39, 0.29) is 0 Å². The summed E-state index contributed by atoms with van der Waals surface area (Å²) in [6.07, 6.45) is 5.99. The molecule has 0 heterocycles. The van der Waals surface area contributed by atoms with Crippen molar-refractivity contribution in [3.8, 4) is 5.75 Å². The maximum Gasteiger partial charge on any atom is 0.191 e. The second kappa shape index (κ2) is 7.78. The molecule has 1 aromatic rings. The topological polar surface area (TPSA) is 45.7 Å². The van der Waals surface area contributed by atoms with Gasteiger partial charge in [0.15, 0.2) is 5.96 Å². The Kier molecular flexibility index (Phi) is 5.71. The highest BCUT2D eigenvalue weighted by molar-refractivity contribution is 5.80. The molecule has 0 bridgehead atoms. The fourth-order valence-electron chi connectivity index (χ4n) is 2.07. The van der Waals surface area contributed by atoms with Gasteiger partial charge < -0.3 is 15.4 Å². The summed E-state index contributed by atoms with van der Waals surface area (Å²) in [6, 6.07) is 8.98. The second-order valence-electron chi connectivity index (χ2n) is 5.22. The summed E-state index contributed by atoms with van der Waals surface area (Å²) < 4.78 is 5.16. The van der Waals surface area contributed by atoms with E-state index in [1.807, 2.05) is 19.2 Å². The third kappa shape index (κ3) is 5.11. The number of rotatable bonds is 7. The van der Waals surface area contributed by atoms with E-state index in [0.29, 0.717) is 6.04 Å². The molecule has 0 aliphatic heterocycles. The second-order valence-corrected chi connectivity index (χ2v) is 5.22. The summed E-state index contributed by atoms with van der Waals surface area (Å²) >= 11 is 0. The first-order valence-electron chi connectivity index (χ1n) is 7.42. The standard InChI is InChI=1S/C16H25N3O/c1-17-16(19-14-8-9-14)18-12-4-3-5-13-6-10-15(20-2)11-7-13/h6-7,10-11,14H,3-5,8-9,12H2,1-2H3,(H2,17,18,19). The number of nitrogens with one attached hydrogen (secondary N) is 2. The van der Waals surface area contributed by atoms with E-state index in [4.69, 9.17) is 4.74 Å². The van der Waals surface area contributed by atoms with Crippen molar-refractivity contribution in [2.45, 2.75) is 38.1 Å². The summed E-state index contributed by atoms with van der Waals surface area (Å²) in [7, 11) is 3.53. The number of nitrogens with zero attached hydrogens (tertiary/aromatic N) is 1. The Hall–Kier alpha value is -1.71. The van der Waals surface area contributed by atoms with Gasteiger partial charge in [-0.25, -0.2) is 0 Å². The number of ether oxygens (including phenoxy) is 1. The van der Waals surface area contributed by atoms with Crippen LogP contribution in [0.2, 0.25) is 0 Å². The molecule has 4 heteroatoms. The van der Waals surface area contributed by atoms with E-state index < -0.39 is 0 Å². The zero-order valence-corrected chi connectivity index (χ0v) is 12.5. The van der Waals surface area contributed by atoms with E-state index in [9.17, 15) is 0 Å². The third-order valence-corrected chi connectivity index (χ3v) is 3.49. The van der Waals surface area contributed by atoms with Crippen LogP contribution in [0.3, 0.4) is 0 Å². The molecule has 0 aromatic heterocycles. The highest BCUT2D eigenvalue weighted by atomic mass is 16.5. The first kappa shape index (κ1) is 14.7. The Bertz CT molecular complexity index is 424. The molecule has 1 fully saturated rings. The predicted molar refractivity (Wildman–Crippen MR) is 83.5 cm³/mol. The average molecular weight is 275 g/mol. The molecular formula is C16H25N3O. The number of aliphatic imine (C=N–C) groups is 1. The van der Waals surface area contributed by atoms with Crippen molar-refractivity contribution in [3.63, 3.8) is 0 Å². The Balaban J connectivity index is 1.58. The maximum absolute atomic E-state index is 5.16. The lowest BCUT2D eigenvalue weighted by Crippen LogP contribution is -2.38. The molecule has 2 N–H and O–H groups in total. The van der Waals surface area contributed by atoms with Crippen LogP contribution in [0.1, 0.15) is 31.2 Å². The first-order chi connectivity index (χ1) is 9.81. The smallest absolute Gasteiger partial charge is 0.191 e. The van der Waals surface area contributed by atoms with Gasteiger partial charge in [0.05, 0.1) is 7.11 Å².